The smallest absolute Gasteiger partial charge is 0.338 e. The van der Waals surface area contributed by atoms with E-state index in [1.165, 1.54) is 29.8 Å². The van der Waals surface area contributed by atoms with Crippen LogP contribution in [-0.4, -0.2) is 24.8 Å². The van der Waals surface area contributed by atoms with Gasteiger partial charge in [-0.2, -0.15) is 0 Å². The lowest BCUT2D eigenvalue weighted by atomic mass is 10.0. The lowest BCUT2D eigenvalue weighted by Crippen LogP contribution is -2.39. The van der Waals surface area contributed by atoms with Gasteiger partial charge in [-0.05, 0) is 41.3 Å². The van der Waals surface area contributed by atoms with Gasteiger partial charge >= 0.3 is 5.97 Å². The molecule has 4 aromatic rings. The van der Waals surface area contributed by atoms with E-state index in [4.69, 9.17) is 9.47 Å². The molecule has 0 radical (unpaired) electrons. The number of nitrogens with zero attached hydrogens (tertiary/aromatic N) is 2. The van der Waals surface area contributed by atoms with Gasteiger partial charge in [0.15, 0.2) is 4.80 Å². The van der Waals surface area contributed by atoms with Crippen molar-refractivity contribution in [2.24, 2.45) is 4.99 Å². The summed E-state index contributed by atoms with van der Waals surface area (Å²) in [4.78, 5) is 32.4. The Morgan fingerprint density at radius 1 is 1.12 bits per heavy atom. The first-order chi connectivity index (χ1) is 16.0. The first-order valence-electron chi connectivity index (χ1n) is 10.2. The Hall–Kier alpha value is -3.49. The Morgan fingerprint density at radius 3 is 2.67 bits per heavy atom. The van der Waals surface area contributed by atoms with E-state index in [-0.39, 0.29) is 5.56 Å². The Morgan fingerprint density at radius 2 is 1.94 bits per heavy atom. The number of hydrogen-bond donors (Lipinski definition) is 0. The zero-order chi connectivity index (χ0) is 23.1. The zero-order valence-corrected chi connectivity index (χ0v) is 19.8. The van der Waals surface area contributed by atoms with Crippen molar-refractivity contribution in [2.45, 2.75) is 13.0 Å². The van der Waals surface area contributed by atoms with Gasteiger partial charge < -0.3 is 9.47 Å². The number of methoxy groups -OCH3 is 2. The van der Waals surface area contributed by atoms with Crippen LogP contribution in [0.1, 0.15) is 23.4 Å². The van der Waals surface area contributed by atoms with E-state index >= 15 is 0 Å². The second-order valence-electron chi connectivity index (χ2n) is 7.49. The van der Waals surface area contributed by atoms with E-state index in [1.54, 1.807) is 18.6 Å². The summed E-state index contributed by atoms with van der Waals surface area (Å²) in [6.45, 7) is 1.78. The minimum Gasteiger partial charge on any atom is -0.496 e. The van der Waals surface area contributed by atoms with Crippen molar-refractivity contribution >= 4 is 45.5 Å². The Labute approximate surface area is 197 Å². The minimum atomic E-state index is -0.578. The van der Waals surface area contributed by atoms with Crippen LogP contribution in [-0.2, 0) is 9.53 Å². The summed E-state index contributed by atoms with van der Waals surface area (Å²) in [6.07, 6.45) is 1.85. The zero-order valence-electron chi connectivity index (χ0n) is 18.2. The van der Waals surface area contributed by atoms with Crippen LogP contribution in [0, 0.1) is 0 Å². The molecule has 2 aromatic carbocycles. The van der Waals surface area contributed by atoms with Gasteiger partial charge in [-0.25, -0.2) is 9.79 Å². The Bertz CT molecular complexity index is 1590. The number of fused-ring (bicyclic) bond motifs is 2. The summed E-state index contributed by atoms with van der Waals surface area (Å²) < 4.78 is 12.8. The molecule has 33 heavy (non-hydrogen) atoms. The molecule has 5 rings (SSSR count). The molecule has 1 aliphatic heterocycles. The van der Waals surface area contributed by atoms with Crippen molar-refractivity contribution < 1.29 is 14.3 Å². The molecule has 1 unspecified atom stereocenters. The van der Waals surface area contributed by atoms with Gasteiger partial charge in [0.2, 0.25) is 0 Å². The van der Waals surface area contributed by atoms with Gasteiger partial charge in [-0.1, -0.05) is 47.7 Å². The third-order valence-electron chi connectivity index (χ3n) is 5.67. The number of thiophene rings is 1. The summed E-state index contributed by atoms with van der Waals surface area (Å²) >= 11 is 2.79. The fourth-order valence-electron chi connectivity index (χ4n) is 4.14. The lowest BCUT2D eigenvalue weighted by molar-refractivity contribution is -0.136. The van der Waals surface area contributed by atoms with Crippen LogP contribution in [0.25, 0.3) is 16.8 Å². The molecule has 3 heterocycles. The molecule has 8 heteroatoms. The molecule has 0 saturated carbocycles. The number of esters is 1. The molecular formula is C25H20N2O4S2. The van der Waals surface area contributed by atoms with Crippen molar-refractivity contribution in [3.63, 3.8) is 0 Å². The van der Waals surface area contributed by atoms with Crippen LogP contribution < -0.4 is 19.6 Å². The third kappa shape index (κ3) is 3.51. The van der Waals surface area contributed by atoms with Crippen LogP contribution in [0.2, 0.25) is 0 Å². The first-order valence-corrected chi connectivity index (χ1v) is 11.9. The second-order valence-corrected chi connectivity index (χ2v) is 9.48. The summed E-state index contributed by atoms with van der Waals surface area (Å²) in [5, 5.41) is 3.97. The largest absolute Gasteiger partial charge is 0.496 e. The number of ether oxygens (including phenoxy) is 2. The standard InChI is InChI=1S/C25H20N2O4S2/c1-14-21(24(29)31-3)22(19-9-6-12-32-19)27-23(28)20(33-25(27)26-14)13-17-16-8-5-4-7-15(16)10-11-18(17)30-2/h4-13,22H,1-3H3. The highest BCUT2D eigenvalue weighted by Crippen LogP contribution is 2.33. The van der Waals surface area contributed by atoms with E-state index in [9.17, 15) is 9.59 Å². The molecule has 2 aromatic heterocycles. The Kier molecular flexibility index (Phi) is 5.47. The molecule has 0 amide bonds. The molecule has 0 N–H and O–H groups in total. The summed E-state index contributed by atoms with van der Waals surface area (Å²) in [5.74, 6) is 0.195. The average molecular weight is 477 g/mol. The van der Waals surface area contributed by atoms with Crippen molar-refractivity contribution in [2.75, 3.05) is 14.2 Å². The van der Waals surface area contributed by atoms with Crippen molar-refractivity contribution in [1.82, 2.24) is 4.57 Å². The highest BCUT2D eigenvalue weighted by molar-refractivity contribution is 7.10. The third-order valence-corrected chi connectivity index (χ3v) is 7.57. The van der Waals surface area contributed by atoms with Crippen LogP contribution >= 0.6 is 22.7 Å². The molecule has 0 spiro atoms. The summed E-state index contributed by atoms with van der Waals surface area (Å²) in [5.41, 5.74) is 1.55. The van der Waals surface area contributed by atoms with Crippen molar-refractivity contribution in [1.29, 1.82) is 0 Å². The van der Waals surface area contributed by atoms with E-state index in [0.29, 0.717) is 26.4 Å². The van der Waals surface area contributed by atoms with Crippen molar-refractivity contribution in [3.8, 4) is 5.75 Å². The quantitative estimate of drug-likeness (QED) is 0.422. The second kappa shape index (κ2) is 8.46. The molecule has 0 saturated heterocycles. The SMILES string of the molecule is COC(=O)C1=C(C)N=c2sc(=Cc3c(OC)ccc4ccccc34)c(=O)n2C1c1cccs1. The molecule has 166 valence electrons. The van der Waals surface area contributed by atoms with Gasteiger partial charge in [-0.3, -0.25) is 9.36 Å². The van der Waals surface area contributed by atoms with E-state index in [2.05, 4.69) is 4.99 Å². The highest BCUT2D eigenvalue weighted by atomic mass is 32.1. The minimum absolute atomic E-state index is 0.207. The van der Waals surface area contributed by atoms with Crippen LogP contribution in [0.15, 0.2) is 75.0 Å². The summed E-state index contributed by atoms with van der Waals surface area (Å²) in [7, 11) is 2.96. The maximum atomic E-state index is 13.7. The van der Waals surface area contributed by atoms with Gasteiger partial charge in [0.05, 0.1) is 30.0 Å². The lowest BCUT2D eigenvalue weighted by Gasteiger charge is -2.22. The number of aromatic nitrogens is 1. The predicted molar refractivity (Wildman–Crippen MR) is 131 cm³/mol. The number of thiazole rings is 1. The molecule has 0 bridgehead atoms. The average Bonchev–Trinajstić information content (AvgIpc) is 3.46. The maximum absolute atomic E-state index is 13.7. The van der Waals surface area contributed by atoms with Crippen molar-refractivity contribution in [3.05, 3.63) is 95.3 Å². The van der Waals surface area contributed by atoms with Crippen LogP contribution in [0.3, 0.4) is 0 Å². The van der Waals surface area contributed by atoms with E-state index in [1.807, 2.05) is 60.0 Å². The van der Waals surface area contributed by atoms with E-state index < -0.39 is 12.0 Å². The molecule has 1 atom stereocenters. The van der Waals surface area contributed by atoms with Gasteiger partial charge in [0, 0.05) is 10.4 Å². The molecule has 1 aliphatic rings. The molecule has 0 aliphatic carbocycles. The molecule has 0 fully saturated rings. The first kappa shape index (κ1) is 21.4. The van der Waals surface area contributed by atoms with Crippen LogP contribution in [0.4, 0.5) is 0 Å². The number of benzene rings is 2. The van der Waals surface area contributed by atoms with Gasteiger partial charge in [-0.15, -0.1) is 11.3 Å². The topological polar surface area (TPSA) is 69.9 Å². The fourth-order valence-corrected chi connectivity index (χ4v) is 5.99. The number of carbonyl (C=O) groups excluding carboxylic acids is 1. The van der Waals surface area contributed by atoms with E-state index in [0.717, 1.165) is 21.2 Å². The normalized spacial score (nSPS) is 16.0. The number of rotatable bonds is 4. The highest BCUT2D eigenvalue weighted by Gasteiger charge is 2.33. The Balaban J connectivity index is 1.80. The fraction of sp³-hybridized carbons (Fsp3) is 0.160. The van der Waals surface area contributed by atoms with Gasteiger partial charge in [0.1, 0.15) is 11.8 Å². The van der Waals surface area contributed by atoms with Gasteiger partial charge in [0.25, 0.3) is 5.56 Å². The maximum Gasteiger partial charge on any atom is 0.338 e. The number of allylic oxidation sites excluding steroid dienone is 1. The summed E-state index contributed by atoms with van der Waals surface area (Å²) in [6, 6.07) is 15.1. The number of hydrogen-bond acceptors (Lipinski definition) is 7. The van der Waals surface area contributed by atoms with Crippen LogP contribution in [0.5, 0.6) is 5.75 Å². The molecular weight excluding hydrogens is 456 g/mol. The number of carbonyl (C=O) groups is 1. The molecule has 6 nitrogen and oxygen atoms in total. The predicted octanol–water partition coefficient (Wildman–Crippen LogP) is 3.63. The monoisotopic (exact) mass is 476 g/mol.